The third-order valence-electron chi connectivity index (χ3n) is 4.71. The molecule has 2 aromatic carbocycles. The van der Waals surface area contributed by atoms with Crippen LogP contribution in [-0.4, -0.2) is 15.5 Å². The van der Waals surface area contributed by atoms with E-state index in [9.17, 15) is 9.59 Å². The van der Waals surface area contributed by atoms with E-state index in [2.05, 4.69) is 4.98 Å². The highest BCUT2D eigenvalue weighted by Crippen LogP contribution is 2.13. The zero-order chi connectivity index (χ0) is 20.1. The average molecular weight is 384 g/mol. The standard InChI is InChI=1S/C24H20N2O3/c27-22(14-13-18-8-3-1-4-9-18)21-16-20-12-7-15-25-23(20)26(24(21)28)29-17-19-10-5-2-6-11-19/h1-12,15-16H,13-14,17H2. The van der Waals surface area contributed by atoms with Crippen molar-refractivity contribution in [3.05, 3.63) is 112 Å². The summed E-state index contributed by atoms with van der Waals surface area (Å²) in [7, 11) is 0. The van der Waals surface area contributed by atoms with Gasteiger partial charge in [0.05, 0.1) is 5.56 Å². The van der Waals surface area contributed by atoms with Crippen molar-refractivity contribution < 1.29 is 9.63 Å². The Balaban J connectivity index is 1.64. The van der Waals surface area contributed by atoms with Crippen LogP contribution in [0.5, 0.6) is 0 Å². The van der Waals surface area contributed by atoms with Gasteiger partial charge in [0.2, 0.25) is 0 Å². The molecule has 0 bridgehead atoms. The minimum Gasteiger partial charge on any atom is -0.404 e. The third-order valence-corrected chi connectivity index (χ3v) is 4.71. The van der Waals surface area contributed by atoms with Gasteiger partial charge in [-0.1, -0.05) is 60.7 Å². The molecule has 0 radical (unpaired) electrons. The van der Waals surface area contributed by atoms with Gasteiger partial charge in [0, 0.05) is 18.0 Å². The summed E-state index contributed by atoms with van der Waals surface area (Å²) in [6, 6.07) is 24.5. The Morgan fingerprint density at radius 3 is 2.31 bits per heavy atom. The fourth-order valence-corrected chi connectivity index (χ4v) is 3.18. The van der Waals surface area contributed by atoms with Crippen molar-refractivity contribution >= 4 is 16.8 Å². The average Bonchev–Trinajstić information content (AvgIpc) is 2.78. The van der Waals surface area contributed by atoms with Crippen LogP contribution in [0.2, 0.25) is 0 Å². The van der Waals surface area contributed by atoms with E-state index in [1.165, 1.54) is 0 Å². The normalized spacial score (nSPS) is 10.8. The number of fused-ring (bicyclic) bond motifs is 1. The lowest BCUT2D eigenvalue weighted by Crippen LogP contribution is -2.32. The van der Waals surface area contributed by atoms with Gasteiger partial charge in [0.1, 0.15) is 6.61 Å². The molecule has 144 valence electrons. The molecule has 0 atom stereocenters. The first kappa shape index (κ1) is 18.6. The summed E-state index contributed by atoms with van der Waals surface area (Å²) in [6.45, 7) is 0.202. The van der Waals surface area contributed by atoms with Gasteiger partial charge in [-0.25, -0.2) is 4.98 Å². The first-order valence-electron chi connectivity index (χ1n) is 9.47. The number of pyridine rings is 2. The third kappa shape index (κ3) is 4.24. The van der Waals surface area contributed by atoms with Crippen LogP contribution in [0.4, 0.5) is 0 Å². The van der Waals surface area contributed by atoms with Crippen molar-refractivity contribution in [2.24, 2.45) is 0 Å². The Hall–Kier alpha value is -3.73. The number of hydrogen-bond donors (Lipinski definition) is 0. The zero-order valence-corrected chi connectivity index (χ0v) is 15.8. The molecule has 2 heterocycles. The summed E-state index contributed by atoms with van der Waals surface area (Å²) in [5.41, 5.74) is 2.01. The van der Waals surface area contributed by atoms with Crippen LogP contribution in [0.25, 0.3) is 11.0 Å². The number of rotatable bonds is 7. The van der Waals surface area contributed by atoms with Gasteiger partial charge in [0.25, 0.3) is 5.56 Å². The Kier molecular flexibility index (Phi) is 5.47. The van der Waals surface area contributed by atoms with Crippen LogP contribution in [0, 0.1) is 0 Å². The van der Waals surface area contributed by atoms with Crippen molar-refractivity contribution in [2.75, 3.05) is 0 Å². The molecule has 0 unspecified atom stereocenters. The number of hydrogen-bond acceptors (Lipinski definition) is 4. The second kappa shape index (κ2) is 8.52. The highest BCUT2D eigenvalue weighted by Gasteiger charge is 2.17. The van der Waals surface area contributed by atoms with Crippen LogP contribution in [0.15, 0.2) is 89.9 Å². The molecular weight excluding hydrogens is 364 g/mol. The minimum absolute atomic E-state index is 0.120. The fourth-order valence-electron chi connectivity index (χ4n) is 3.18. The van der Waals surface area contributed by atoms with E-state index < -0.39 is 5.56 Å². The lowest BCUT2D eigenvalue weighted by Gasteiger charge is -2.13. The van der Waals surface area contributed by atoms with E-state index in [4.69, 9.17) is 4.84 Å². The number of nitrogens with zero attached hydrogens (tertiary/aromatic N) is 2. The zero-order valence-electron chi connectivity index (χ0n) is 15.8. The molecule has 5 heteroatoms. The van der Waals surface area contributed by atoms with E-state index in [0.29, 0.717) is 17.5 Å². The molecule has 29 heavy (non-hydrogen) atoms. The molecule has 0 N–H and O–H groups in total. The summed E-state index contributed by atoms with van der Waals surface area (Å²) in [5, 5.41) is 0.684. The van der Waals surface area contributed by atoms with Gasteiger partial charge in [-0.05, 0) is 35.7 Å². The van der Waals surface area contributed by atoms with Gasteiger partial charge in [-0.2, -0.15) is 0 Å². The maximum atomic E-state index is 13.0. The van der Waals surface area contributed by atoms with Crippen molar-refractivity contribution in [1.29, 1.82) is 0 Å². The van der Waals surface area contributed by atoms with Gasteiger partial charge < -0.3 is 4.84 Å². The van der Waals surface area contributed by atoms with E-state index in [-0.39, 0.29) is 24.4 Å². The van der Waals surface area contributed by atoms with E-state index in [1.54, 1.807) is 18.3 Å². The monoisotopic (exact) mass is 384 g/mol. The largest absolute Gasteiger partial charge is 0.404 e. The molecule has 0 aliphatic carbocycles. The van der Waals surface area contributed by atoms with E-state index in [0.717, 1.165) is 15.9 Å². The molecule has 2 aromatic heterocycles. The second-order valence-electron chi connectivity index (χ2n) is 6.74. The van der Waals surface area contributed by atoms with Gasteiger partial charge in [-0.15, -0.1) is 4.73 Å². The number of benzene rings is 2. The lowest BCUT2D eigenvalue weighted by atomic mass is 10.0. The minimum atomic E-state index is -0.481. The van der Waals surface area contributed by atoms with Crippen LogP contribution in [0.1, 0.15) is 27.9 Å². The SMILES string of the molecule is O=C(CCc1ccccc1)c1cc2cccnc2n(OCc2ccccc2)c1=O. The van der Waals surface area contributed by atoms with Crippen LogP contribution >= 0.6 is 0 Å². The molecule has 0 aliphatic heterocycles. The van der Waals surface area contributed by atoms with Crippen molar-refractivity contribution in [1.82, 2.24) is 9.71 Å². The Morgan fingerprint density at radius 2 is 1.59 bits per heavy atom. The Bertz CT molecular complexity index is 1190. The number of ketones is 1. The number of carbonyl (C=O) groups is 1. The smallest absolute Gasteiger partial charge is 0.295 e. The van der Waals surface area contributed by atoms with E-state index in [1.807, 2.05) is 66.7 Å². The molecule has 4 rings (SSSR count). The summed E-state index contributed by atoms with van der Waals surface area (Å²) in [6.07, 6.45) is 2.43. The van der Waals surface area contributed by atoms with Crippen molar-refractivity contribution in [3.63, 3.8) is 0 Å². The molecule has 0 spiro atoms. The molecule has 0 saturated carbocycles. The van der Waals surface area contributed by atoms with Crippen LogP contribution in [-0.2, 0) is 13.0 Å². The van der Waals surface area contributed by atoms with Gasteiger partial charge in [-0.3, -0.25) is 9.59 Å². The first-order chi connectivity index (χ1) is 14.2. The topological polar surface area (TPSA) is 61.2 Å². The highest BCUT2D eigenvalue weighted by atomic mass is 16.7. The Morgan fingerprint density at radius 1 is 0.897 bits per heavy atom. The maximum Gasteiger partial charge on any atom is 0.295 e. The molecule has 0 amide bonds. The molecule has 0 fully saturated rings. The van der Waals surface area contributed by atoms with Crippen molar-refractivity contribution in [3.8, 4) is 0 Å². The van der Waals surface area contributed by atoms with Crippen LogP contribution in [0.3, 0.4) is 0 Å². The predicted octanol–water partition coefficient (Wildman–Crippen LogP) is 3.84. The lowest BCUT2D eigenvalue weighted by molar-refractivity contribution is 0.0915. The number of aryl methyl sites for hydroxylation is 1. The summed E-state index contributed by atoms with van der Waals surface area (Å²) < 4.78 is 1.14. The van der Waals surface area contributed by atoms with Crippen LogP contribution < -0.4 is 10.4 Å². The van der Waals surface area contributed by atoms with Gasteiger partial charge >= 0.3 is 0 Å². The summed E-state index contributed by atoms with van der Waals surface area (Å²) in [4.78, 5) is 35.9. The summed E-state index contributed by atoms with van der Waals surface area (Å²) in [5.74, 6) is -0.207. The Labute approximate surface area is 168 Å². The highest BCUT2D eigenvalue weighted by molar-refractivity contribution is 5.98. The first-order valence-corrected chi connectivity index (χ1v) is 9.47. The van der Waals surface area contributed by atoms with Gasteiger partial charge in [0.15, 0.2) is 11.4 Å². The predicted molar refractivity (Wildman–Crippen MR) is 112 cm³/mol. The molecule has 0 saturated heterocycles. The van der Waals surface area contributed by atoms with Crippen molar-refractivity contribution in [2.45, 2.75) is 19.4 Å². The fraction of sp³-hybridized carbons (Fsp3) is 0.125. The second-order valence-corrected chi connectivity index (χ2v) is 6.74. The number of aromatic nitrogens is 2. The molecule has 0 aliphatic rings. The number of carbonyl (C=O) groups excluding carboxylic acids is 1. The summed E-state index contributed by atoms with van der Waals surface area (Å²) >= 11 is 0. The quantitative estimate of drug-likeness (QED) is 0.454. The number of Topliss-reactive ketones (excluding diaryl/α,β-unsaturated/α-hetero) is 1. The van der Waals surface area contributed by atoms with E-state index >= 15 is 0 Å². The molecular formula is C24H20N2O3. The maximum absolute atomic E-state index is 13.0. The molecule has 5 nitrogen and oxygen atoms in total. The molecule has 4 aromatic rings.